The number of nitrogens with zero attached hydrogens (tertiary/aromatic N) is 1. The normalized spacial score (nSPS) is 10.3. The number of aromatic nitrogens is 1. The van der Waals surface area contributed by atoms with Crippen molar-refractivity contribution in [3.8, 4) is 0 Å². The van der Waals surface area contributed by atoms with Crippen LogP contribution in [0.4, 0.5) is 15.9 Å². The molecule has 0 bridgehead atoms. The molecule has 1 aromatic carbocycles. The third kappa shape index (κ3) is 3.08. The van der Waals surface area contributed by atoms with Crippen molar-refractivity contribution >= 4 is 33.3 Å². The Kier molecular flexibility index (Phi) is 3.80. The van der Waals surface area contributed by atoms with Gasteiger partial charge in [-0.2, -0.15) is 0 Å². The maximum absolute atomic E-state index is 13.0. The number of halogens is 2. The third-order valence-electron chi connectivity index (χ3n) is 2.51. The highest BCUT2D eigenvalue weighted by molar-refractivity contribution is 9.10. The standard InChI is InChI=1S/C13H11BrFN3O/c1-7-4-9(16)6-17-12(7)18-13(19)10-3-2-8(15)5-11(10)14/h2-6H,16H2,1H3,(H,17,18,19). The van der Waals surface area contributed by atoms with Gasteiger partial charge in [-0.3, -0.25) is 4.79 Å². The van der Waals surface area contributed by atoms with Crippen LogP contribution in [0, 0.1) is 12.7 Å². The van der Waals surface area contributed by atoms with Gasteiger partial charge in [0.2, 0.25) is 0 Å². The minimum absolute atomic E-state index is 0.333. The number of nitrogens with one attached hydrogen (secondary N) is 1. The number of nitrogen functional groups attached to an aromatic ring is 1. The second kappa shape index (κ2) is 5.36. The number of benzene rings is 1. The van der Waals surface area contributed by atoms with Crippen molar-refractivity contribution in [2.24, 2.45) is 0 Å². The van der Waals surface area contributed by atoms with Gasteiger partial charge in [-0.15, -0.1) is 0 Å². The molecule has 6 heteroatoms. The number of pyridine rings is 1. The summed E-state index contributed by atoms with van der Waals surface area (Å²) in [4.78, 5) is 16.1. The molecule has 0 atom stereocenters. The predicted octanol–water partition coefficient (Wildman–Crippen LogP) is 3.13. The van der Waals surface area contributed by atoms with Crippen LogP contribution in [0.3, 0.4) is 0 Å². The van der Waals surface area contributed by atoms with E-state index in [2.05, 4.69) is 26.2 Å². The molecule has 1 heterocycles. The summed E-state index contributed by atoms with van der Waals surface area (Å²) in [6, 6.07) is 5.57. The Hall–Kier alpha value is -1.95. The monoisotopic (exact) mass is 323 g/mol. The second-order valence-corrected chi connectivity index (χ2v) is 4.87. The first-order valence-electron chi connectivity index (χ1n) is 5.46. The molecule has 0 spiro atoms. The van der Waals surface area contributed by atoms with Crippen molar-refractivity contribution < 1.29 is 9.18 Å². The fraction of sp³-hybridized carbons (Fsp3) is 0.0769. The molecular weight excluding hydrogens is 313 g/mol. The van der Waals surface area contributed by atoms with Crippen LogP contribution < -0.4 is 11.1 Å². The maximum Gasteiger partial charge on any atom is 0.257 e. The quantitative estimate of drug-likeness (QED) is 0.892. The smallest absolute Gasteiger partial charge is 0.257 e. The van der Waals surface area contributed by atoms with E-state index in [4.69, 9.17) is 5.73 Å². The number of amides is 1. The minimum Gasteiger partial charge on any atom is -0.397 e. The van der Waals surface area contributed by atoms with Gasteiger partial charge in [-0.1, -0.05) is 0 Å². The molecule has 0 aliphatic rings. The van der Waals surface area contributed by atoms with Crippen molar-refractivity contribution in [2.75, 3.05) is 11.1 Å². The van der Waals surface area contributed by atoms with Crippen LogP contribution in [-0.4, -0.2) is 10.9 Å². The van der Waals surface area contributed by atoms with E-state index in [0.29, 0.717) is 21.5 Å². The zero-order valence-electron chi connectivity index (χ0n) is 10.1. The Labute approximate surface area is 118 Å². The molecule has 4 nitrogen and oxygen atoms in total. The Morgan fingerprint density at radius 2 is 2.16 bits per heavy atom. The number of hydrogen-bond donors (Lipinski definition) is 2. The maximum atomic E-state index is 13.0. The summed E-state index contributed by atoms with van der Waals surface area (Å²) in [5.74, 6) is -0.354. The highest BCUT2D eigenvalue weighted by atomic mass is 79.9. The highest BCUT2D eigenvalue weighted by Crippen LogP contribution is 2.20. The van der Waals surface area contributed by atoms with Crippen LogP contribution in [0.2, 0.25) is 0 Å². The zero-order chi connectivity index (χ0) is 14.0. The van der Waals surface area contributed by atoms with Gasteiger partial charge in [0.1, 0.15) is 11.6 Å². The number of rotatable bonds is 2. The lowest BCUT2D eigenvalue weighted by molar-refractivity contribution is 0.102. The van der Waals surface area contributed by atoms with Gasteiger partial charge in [0.25, 0.3) is 5.91 Å². The molecule has 0 aliphatic carbocycles. The molecule has 0 saturated heterocycles. The van der Waals surface area contributed by atoms with Gasteiger partial charge in [-0.25, -0.2) is 9.37 Å². The zero-order valence-corrected chi connectivity index (χ0v) is 11.7. The van der Waals surface area contributed by atoms with Crippen LogP contribution in [0.25, 0.3) is 0 Å². The molecule has 1 amide bonds. The number of carbonyl (C=O) groups excluding carboxylic acids is 1. The summed E-state index contributed by atoms with van der Waals surface area (Å²) in [5.41, 5.74) is 7.20. The largest absolute Gasteiger partial charge is 0.397 e. The van der Waals surface area contributed by atoms with E-state index in [0.717, 1.165) is 5.56 Å². The van der Waals surface area contributed by atoms with Gasteiger partial charge in [-0.05, 0) is 52.7 Å². The first-order valence-corrected chi connectivity index (χ1v) is 6.25. The van der Waals surface area contributed by atoms with E-state index < -0.39 is 5.82 Å². The molecule has 98 valence electrons. The summed E-state index contributed by atoms with van der Waals surface area (Å²) >= 11 is 3.15. The van der Waals surface area contributed by atoms with Crippen LogP contribution in [-0.2, 0) is 0 Å². The first kappa shape index (κ1) is 13.5. The van der Waals surface area contributed by atoms with Gasteiger partial charge in [0, 0.05) is 4.47 Å². The lowest BCUT2D eigenvalue weighted by Crippen LogP contribution is -2.14. The molecular formula is C13H11BrFN3O. The Balaban J connectivity index is 2.25. The van der Waals surface area contributed by atoms with E-state index in [1.54, 1.807) is 13.0 Å². The van der Waals surface area contributed by atoms with Crippen molar-refractivity contribution in [2.45, 2.75) is 6.92 Å². The molecule has 1 aromatic heterocycles. The number of nitrogens with two attached hydrogens (primary N) is 1. The number of aryl methyl sites for hydroxylation is 1. The molecule has 0 fully saturated rings. The summed E-state index contributed by atoms with van der Waals surface area (Å²) < 4.78 is 13.3. The summed E-state index contributed by atoms with van der Waals surface area (Å²) in [6.07, 6.45) is 1.46. The van der Waals surface area contributed by atoms with E-state index in [-0.39, 0.29) is 5.91 Å². The average Bonchev–Trinajstić information content (AvgIpc) is 2.32. The van der Waals surface area contributed by atoms with E-state index in [1.807, 2.05) is 0 Å². The van der Waals surface area contributed by atoms with Crippen LogP contribution in [0.5, 0.6) is 0 Å². The van der Waals surface area contributed by atoms with Gasteiger partial charge in [0.15, 0.2) is 0 Å². The molecule has 2 rings (SSSR count). The van der Waals surface area contributed by atoms with Crippen molar-refractivity contribution in [1.29, 1.82) is 0 Å². The number of carbonyl (C=O) groups is 1. The lowest BCUT2D eigenvalue weighted by atomic mass is 10.2. The molecule has 2 aromatic rings. The van der Waals surface area contributed by atoms with Crippen LogP contribution in [0.1, 0.15) is 15.9 Å². The fourth-order valence-electron chi connectivity index (χ4n) is 1.58. The van der Waals surface area contributed by atoms with Crippen molar-refractivity contribution in [3.05, 3.63) is 51.9 Å². The summed E-state index contributed by atoms with van der Waals surface area (Å²) in [5, 5.41) is 2.66. The Morgan fingerprint density at radius 1 is 1.42 bits per heavy atom. The van der Waals surface area contributed by atoms with Gasteiger partial charge >= 0.3 is 0 Å². The first-order chi connectivity index (χ1) is 8.97. The van der Waals surface area contributed by atoms with Crippen molar-refractivity contribution in [1.82, 2.24) is 4.98 Å². The van der Waals surface area contributed by atoms with Crippen LogP contribution >= 0.6 is 15.9 Å². The van der Waals surface area contributed by atoms with Gasteiger partial charge < -0.3 is 11.1 Å². The molecule has 3 N–H and O–H groups in total. The lowest BCUT2D eigenvalue weighted by Gasteiger charge is -2.09. The Bertz CT molecular complexity index is 646. The molecule has 0 radical (unpaired) electrons. The van der Waals surface area contributed by atoms with Gasteiger partial charge in [0.05, 0.1) is 17.4 Å². The SMILES string of the molecule is Cc1cc(N)cnc1NC(=O)c1ccc(F)cc1Br. The highest BCUT2D eigenvalue weighted by Gasteiger charge is 2.12. The number of hydrogen-bond acceptors (Lipinski definition) is 3. The minimum atomic E-state index is -0.412. The molecule has 0 aliphatic heterocycles. The summed E-state index contributed by atoms with van der Waals surface area (Å²) in [6.45, 7) is 1.79. The fourth-order valence-corrected chi connectivity index (χ4v) is 2.11. The van der Waals surface area contributed by atoms with E-state index in [1.165, 1.54) is 24.4 Å². The molecule has 0 saturated carbocycles. The molecule has 0 unspecified atom stereocenters. The van der Waals surface area contributed by atoms with Crippen LogP contribution in [0.15, 0.2) is 34.9 Å². The third-order valence-corrected chi connectivity index (χ3v) is 3.16. The van der Waals surface area contributed by atoms with E-state index >= 15 is 0 Å². The second-order valence-electron chi connectivity index (χ2n) is 4.01. The average molecular weight is 324 g/mol. The predicted molar refractivity (Wildman–Crippen MR) is 75.4 cm³/mol. The Morgan fingerprint density at radius 3 is 2.79 bits per heavy atom. The number of anilines is 2. The topological polar surface area (TPSA) is 68.0 Å². The molecule has 19 heavy (non-hydrogen) atoms. The van der Waals surface area contributed by atoms with Crippen molar-refractivity contribution in [3.63, 3.8) is 0 Å². The summed E-state index contributed by atoms with van der Waals surface area (Å²) in [7, 11) is 0. The van der Waals surface area contributed by atoms with E-state index in [9.17, 15) is 9.18 Å².